The van der Waals surface area contributed by atoms with Gasteiger partial charge in [0.25, 0.3) is 5.91 Å². The van der Waals surface area contributed by atoms with Crippen LogP contribution < -0.4 is 5.32 Å². The Morgan fingerprint density at radius 3 is 2.14 bits per heavy atom. The summed E-state index contributed by atoms with van der Waals surface area (Å²) in [6.07, 6.45) is 0. The number of likely N-dealkylation sites (N-methyl/N-ethyl adjacent to an activating group) is 1. The van der Waals surface area contributed by atoms with Crippen LogP contribution in [0.5, 0.6) is 5.75 Å². The molecule has 1 fully saturated rings. The Morgan fingerprint density at radius 1 is 1.10 bits per heavy atom. The van der Waals surface area contributed by atoms with E-state index in [0.717, 1.165) is 0 Å². The fourth-order valence-electron chi connectivity index (χ4n) is 2.21. The highest BCUT2D eigenvalue weighted by Crippen LogP contribution is 2.13. The first-order valence-electron chi connectivity index (χ1n) is 6.62. The summed E-state index contributed by atoms with van der Waals surface area (Å²) in [5, 5.41) is 12.1. The van der Waals surface area contributed by atoms with Crippen LogP contribution in [0.2, 0.25) is 0 Å². The number of nitrogens with zero attached hydrogens (tertiary/aromatic N) is 2. The fourth-order valence-corrected chi connectivity index (χ4v) is 2.21. The summed E-state index contributed by atoms with van der Waals surface area (Å²) in [5.41, 5.74) is 0.554. The van der Waals surface area contributed by atoms with E-state index in [4.69, 9.17) is 0 Å². The summed E-state index contributed by atoms with van der Waals surface area (Å²) in [5.74, 6) is 0.138. The van der Waals surface area contributed by atoms with Crippen LogP contribution in [-0.4, -0.2) is 66.5 Å². The van der Waals surface area contributed by atoms with E-state index in [9.17, 15) is 14.7 Å². The van der Waals surface area contributed by atoms with Gasteiger partial charge in [0.1, 0.15) is 5.75 Å². The molecule has 2 amide bonds. The quantitative estimate of drug-likeness (QED) is 0.843. The molecule has 2 rings (SSSR count). The lowest BCUT2D eigenvalue weighted by Crippen LogP contribution is -2.52. The number of carbonyl (C=O) groups excluding carboxylic acids is 2. The SMILES string of the molecule is CNCC(=O)N1CCN(C(=O)c2ccc(O)cc2)CC1.Cl. The Morgan fingerprint density at radius 2 is 1.62 bits per heavy atom. The lowest BCUT2D eigenvalue weighted by atomic mass is 10.1. The van der Waals surface area contributed by atoms with Crippen molar-refractivity contribution in [2.75, 3.05) is 39.8 Å². The summed E-state index contributed by atoms with van der Waals surface area (Å²) in [4.78, 5) is 27.4. The average molecular weight is 314 g/mol. The van der Waals surface area contributed by atoms with Crippen LogP contribution in [0.3, 0.4) is 0 Å². The third-order valence-corrected chi connectivity index (χ3v) is 3.36. The molecular weight excluding hydrogens is 294 g/mol. The van der Waals surface area contributed by atoms with Crippen molar-refractivity contribution in [3.05, 3.63) is 29.8 Å². The van der Waals surface area contributed by atoms with Crippen LogP contribution in [0.1, 0.15) is 10.4 Å². The van der Waals surface area contributed by atoms with Gasteiger partial charge in [-0.15, -0.1) is 12.4 Å². The molecule has 1 heterocycles. The molecule has 1 aromatic carbocycles. The van der Waals surface area contributed by atoms with E-state index >= 15 is 0 Å². The van der Waals surface area contributed by atoms with Crippen molar-refractivity contribution in [2.45, 2.75) is 0 Å². The molecule has 1 saturated heterocycles. The van der Waals surface area contributed by atoms with Crippen molar-refractivity contribution in [1.82, 2.24) is 15.1 Å². The molecule has 0 spiro atoms. The van der Waals surface area contributed by atoms with Gasteiger partial charge in [0.2, 0.25) is 5.91 Å². The summed E-state index contributed by atoms with van der Waals surface area (Å²) >= 11 is 0. The topological polar surface area (TPSA) is 72.9 Å². The van der Waals surface area contributed by atoms with Gasteiger partial charge in [-0.2, -0.15) is 0 Å². The number of benzene rings is 1. The van der Waals surface area contributed by atoms with Gasteiger partial charge in [0, 0.05) is 31.7 Å². The highest BCUT2D eigenvalue weighted by atomic mass is 35.5. The maximum absolute atomic E-state index is 12.2. The number of hydrogen-bond donors (Lipinski definition) is 2. The largest absolute Gasteiger partial charge is 0.508 e. The van der Waals surface area contributed by atoms with Crippen LogP contribution >= 0.6 is 12.4 Å². The Bertz CT molecular complexity index is 485. The molecule has 0 radical (unpaired) electrons. The summed E-state index contributed by atoms with van der Waals surface area (Å²) < 4.78 is 0. The lowest BCUT2D eigenvalue weighted by Gasteiger charge is -2.34. The third kappa shape index (κ3) is 4.34. The predicted molar refractivity (Wildman–Crippen MR) is 81.8 cm³/mol. The molecule has 1 aliphatic heterocycles. The average Bonchev–Trinajstić information content (AvgIpc) is 2.48. The van der Waals surface area contributed by atoms with Crippen LogP contribution in [0.15, 0.2) is 24.3 Å². The number of phenols is 1. The number of amides is 2. The molecule has 2 N–H and O–H groups in total. The van der Waals surface area contributed by atoms with Gasteiger partial charge < -0.3 is 20.2 Å². The summed E-state index contributed by atoms with van der Waals surface area (Å²) in [6.45, 7) is 2.52. The highest BCUT2D eigenvalue weighted by molar-refractivity contribution is 5.94. The minimum absolute atomic E-state index is 0. The van der Waals surface area contributed by atoms with Gasteiger partial charge in [0.05, 0.1) is 6.54 Å². The van der Waals surface area contributed by atoms with Crippen LogP contribution in [-0.2, 0) is 4.79 Å². The first-order chi connectivity index (χ1) is 9.61. The molecule has 0 saturated carbocycles. The number of rotatable bonds is 3. The predicted octanol–water partition coefficient (Wildman–Crippen LogP) is 0.318. The van der Waals surface area contributed by atoms with E-state index in [1.54, 1.807) is 29.0 Å². The Kier molecular flexibility index (Phi) is 6.45. The van der Waals surface area contributed by atoms with Gasteiger partial charge >= 0.3 is 0 Å². The van der Waals surface area contributed by atoms with Crippen molar-refractivity contribution in [2.24, 2.45) is 0 Å². The molecule has 6 nitrogen and oxygen atoms in total. The molecule has 1 aromatic rings. The molecule has 0 unspecified atom stereocenters. The molecule has 0 bridgehead atoms. The van der Waals surface area contributed by atoms with E-state index in [1.165, 1.54) is 12.1 Å². The summed E-state index contributed by atoms with van der Waals surface area (Å²) in [6, 6.07) is 6.21. The Labute approximate surface area is 130 Å². The Balaban J connectivity index is 0.00000220. The van der Waals surface area contributed by atoms with Crippen molar-refractivity contribution in [1.29, 1.82) is 0 Å². The number of carbonyl (C=O) groups is 2. The number of aromatic hydroxyl groups is 1. The fraction of sp³-hybridized carbons (Fsp3) is 0.429. The van der Waals surface area contributed by atoms with Crippen molar-refractivity contribution in [3.63, 3.8) is 0 Å². The second-order valence-electron chi connectivity index (χ2n) is 4.75. The summed E-state index contributed by atoms with van der Waals surface area (Å²) in [7, 11) is 1.74. The smallest absolute Gasteiger partial charge is 0.253 e. The molecule has 0 aromatic heterocycles. The second-order valence-corrected chi connectivity index (χ2v) is 4.75. The number of hydrogen-bond acceptors (Lipinski definition) is 4. The van der Waals surface area contributed by atoms with Gasteiger partial charge in [0.15, 0.2) is 0 Å². The monoisotopic (exact) mass is 313 g/mol. The van der Waals surface area contributed by atoms with Crippen molar-refractivity contribution >= 4 is 24.2 Å². The third-order valence-electron chi connectivity index (χ3n) is 3.36. The highest BCUT2D eigenvalue weighted by Gasteiger charge is 2.24. The molecule has 1 aliphatic rings. The molecule has 21 heavy (non-hydrogen) atoms. The number of phenolic OH excluding ortho intramolecular Hbond substituents is 1. The minimum atomic E-state index is -0.0642. The zero-order valence-electron chi connectivity index (χ0n) is 11.9. The number of nitrogens with one attached hydrogen (secondary N) is 1. The maximum atomic E-state index is 12.2. The standard InChI is InChI=1S/C14H19N3O3.ClH/c1-15-10-13(19)16-6-8-17(9-7-16)14(20)11-2-4-12(18)5-3-11;/h2-5,15,18H,6-10H2,1H3;1H. The second kappa shape index (κ2) is 7.85. The maximum Gasteiger partial charge on any atom is 0.253 e. The number of piperazine rings is 1. The van der Waals surface area contributed by atoms with E-state index in [0.29, 0.717) is 38.3 Å². The van der Waals surface area contributed by atoms with E-state index in [1.807, 2.05) is 0 Å². The molecule has 7 heteroatoms. The normalized spacial score (nSPS) is 14.5. The zero-order valence-corrected chi connectivity index (χ0v) is 12.7. The molecule has 116 valence electrons. The molecule has 0 atom stereocenters. The van der Waals surface area contributed by atoms with Crippen molar-refractivity contribution < 1.29 is 14.7 Å². The van der Waals surface area contributed by atoms with Crippen molar-refractivity contribution in [3.8, 4) is 5.75 Å². The van der Waals surface area contributed by atoms with Crippen LogP contribution in [0.4, 0.5) is 0 Å². The first kappa shape index (κ1) is 17.3. The molecular formula is C14H20ClN3O3. The van der Waals surface area contributed by atoms with Gasteiger partial charge in [-0.25, -0.2) is 0 Å². The minimum Gasteiger partial charge on any atom is -0.508 e. The van der Waals surface area contributed by atoms with Gasteiger partial charge in [-0.1, -0.05) is 0 Å². The van der Waals surface area contributed by atoms with Gasteiger partial charge in [-0.3, -0.25) is 9.59 Å². The first-order valence-corrected chi connectivity index (χ1v) is 6.62. The van der Waals surface area contributed by atoms with Crippen LogP contribution in [0, 0.1) is 0 Å². The molecule has 0 aliphatic carbocycles. The zero-order chi connectivity index (χ0) is 14.5. The van der Waals surface area contributed by atoms with E-state index < -0.39 is 0 Å². The number of halogens is 1. The lowest BCUT2D eigenvalue weighted by molar-refractivity contribution is -0.131. The van der Waals surface area contributed by atoms with E-state index in [2.05, 4.69) is 5.32 Å². The van der Waals surface area contributed by atoms with E-state index in [-0.39, 0.29) is 30.0 Å². The van der Waals surface area contributed by atoms with Crippen LogP contribution in [0.25, 0.3) is 0 Å². The Hall–Kier alpha value is -1.79. The van der Waals surface area contributed by atoms with Gasteiger partial charge in [-0.05, 0) is 31.3 Å².